The molecule has 0 spiro atoms. The molecular weight excluding hydrogens is 202 g/mol. The quantitative estimate of drug-likeness (QED) is 0.637. The third kappa shape index (κ3) is 5.82. The van der Waals surface area contributed by atoms with Crippen LogP contribution >= 0.6 is 11.8 Å². The van der Waals surface area contributed by atoms with Gasteiger partial charge in [-0.1, -0.05) is 39.5 Å². The molecule has 1 saturated carbocycles. The number of nitrogens with one attached hydrogen (secondary N) is 1. The van der Waals surface area contributed by atoms with Crippen molar-refractivity contribution in [2.24, 2.45) is 5.92 Å². The summed E-state index contributed by atoms with van der Waals surface area (Å²) < 4.78 is 0. The van der Waals surface area contributed by atoms with Crippen LogP contribution in [0.15, 0.2) is 0 Å². The Balaban J connectivity index is 2.16. The van der Waals surface area contributed by atoms with E-state index in [1.165, 1.54) is 50.0 Å². The van der Waals surface area contributed by atoms with E-state index in [0.717, 1.165) is 18.5 Å². The zero-order valence-electron chi connectivity index (χ0n) is 10.4. The van der Waals surface area contributed by atoms with E-state index in [1.807, 2.05) is 0 Å². The average Bonchev–Trinajstić information content (AvgIpc) is 2.71. The predicted molar refractivity (Wildman–Crippen MR) is 71.7 cm³/mol. The van der Waals surface area contributed by atoms with Crippen LogP contribution < -0.4 is 5.32 Å². The van der Waals surface area contributed by atoms with Crippen LogP contribution in [0, 0.1) is 5.92 Å². The highest BCUT2D eigenvalue weighted by Gasteiger charge is 2.19. The maximum atomic E-state index is 3.65. The van der Waals surface area contributed by atoms with Gasteiger partial charge in [-0.3, -0.25) is 0 Å². The lowest BCUT2D eigenvalue weighted by Gasteiger charge is -2.21. The molecule has 0 aliphatic heterocycles. The van der Waals surface area contributed by atoms with Gasteiger partial charge in [0.25, 0.3) is 0 Å². The van der Waals surface area contributed by atoms with Gasteiger partial charge >= 0.3 is 0 Å². The number of thioether (sulfide) groups is 1. The smallest absolute Gasteiger partial charge is 0.0160 e. The van der Waals surface area contributed by atoms with Gasteiger partial charge in [0.1, 0.15) is 0 Å². The largest absolute Gasteiger partial charge is 0.313 e. The molecule has 15 heavy (non-hydrogen) atoms. The summed E-state index contributed by atoms with van der Waals surface area (Å²) in [6.45, 7) is 5.63. The number of hydrogen-bond acceptors (Lipinski definition) is 2. The van der Waals surface area contributed by atoms with Crippen LogP contribution in [0.2, 0.25) is 0 Å². The topological polar surface area (TPSA) is 12.0 Å². The Morgan fingerprint density at radius 1 is 1.27 bits per heavy atom. The second-order valence-corrected chi connectivity index (χ2v) is 5.87. The van der Waals surface area contributed by atoms with Gasteiger partial charge in [-0.15, -0.1) is 0 Å². The number of rotatable bonds is 8. The van der Waals surface area contributed by atoms with E-state index in [0.29, 0.717) is 0 Å². The Hall–Kier alpha value is 0.310. The molecule has 0 bridgehead atoms. The molecular formula is C13H27NS. The van der Waals surface area contributed by atoms with Crippen molar-refractivity contribution >= 4 is 11.8 Å². The normalized spacial score (nSPS) is 19.6. The van der Waals surface area contributed by atoms with E-state index in [2.05, 4.69) is 30.9 Å². The van der Waals surface area contributed by atoms with Gasteiger partial charge in [0.15, 0.2) is 0 Å². The minimum atomic E-state index is 0.773. The molecule has 0 heterocycles. The van der Waals surface area contributed by atoms with Crippen LogP contribution in [-0.2, 0) is 0 Å². The lowest BCUT2D eigenvalue weighted by molar-refractivity contribution is 0.415. The molecule has 1 unspecified atom stereocenters. The van der Waals surface area contributed by atoms with Crippen molar-refractivity contribution in [3.63, 3.8) is 0 Å². The first kappa shape index (κ1) is 13.4. The zero-order chi connectivity index (χ0) is 10.9. The van der Waals surface area contributed by atoms with Crippen molar-refractivity contribution in [2.75, 3.05) is 18.1 Å². The highest BCUT2D eigenvalue weighted by molar-refractivity contribution is 7.99. The van der Waals surface area contributed by atoms with E-state index in [9.17, 15) is 0 Å². The highest BCUT2D eigenvalue weighted by Crippen LogP contribution is 2.29. The van der Waals surface area contributed by atoms with Crippen molar-refractivity contribution in [2.45, 2.75) is 58.4 Å². The van der Waals surface area contributed by atoms with Crippen LogP contribution in [-0.4, -0.2) is 24.1 Å². The Labute approximate surface area is 99.8 Å². The summed E-state index contributed by atoms with van der Waals surface area (Å²) in [6.07, 6.45) is 8.66. The fraction of sp³-hybridized carbons (Fsp3) is 1.00. The predicted octanol–water partition coefficient (Wildman–Crippen LogP) is 3.69. The van der Waals surface area contributed by atoms with E-state index in [1.54, 1.807) is 0 Å². The van der Waals surface area contributed by atoms with Gasteiger partial charge in [-0.05, 0) is 31.1 Å². The first-order valence-electron chi connectivity index (χ1n) is 6.68. The molecule has 1 N–H and O–H groups in total. The van der Waals surface area contributed by atoms with Crippen molar-refractivity contribution in [1.82, 2.24) is 5.32 Å². The maximum Gasteiger partial charge on any atom is 0.0160 e. The van der Waals surface area contributed by atoms with Crippen LogP contribution in [0.1, 0.15) is 52.4 Å². The Kier molecular flexibility index (Phi) is 7.54. The second-order valence-electron chi connectivity index (χ2n) is 4.72. The summed E-state index contributed by atoms with van der Waals surface area (Å²) in [5.41, 5.74) is 0. The molecule has 0 aromatic heterocycles. The lowest BCUT2D eigenvalue weighted by Crippen LogP contribution is -2.33. The summed E-state index contributed by atoms with van der Waals surface area (Å²) in [4.78, 5) is 0. The van der Waals surface area contributed by atoms with Crippen molar-refractivity contribution in [1.29, 1.82) is 0 Å². The fourth-order valence-electron chi connectivity index (χ4n) is 2.52. The molecule has 1 rings (SSSR count). The first-order chi connectivity index (χ1) is 7.36. The number of hydrogen-bond donors (Lipinski definition) is 1. The standard InChI is InChI=1S/C13H27NS/c1-3-9-15-11-13(14-4-2)10-12-7-5-6-8-12/h12-14H,3-11H2,1-2H3. The van der Waals surface area contributed by atoms with Gasteiger partial charge < -0.3 is 5.32 Å². The van der Waals surface area contributed by atoms with Gasteiger partial charge in [-0.25, -0.2) is 0 Å². The second kappa shape index (κ2) is 8.46. The maximum absolute atomic E-state index is 3.65. The molecule has 1 atom stereocenters. The Morgan fingerprint density at radius 2 is 2.00 bits per heavy atom. The Morgan fingerprint density at radius 3 is 2.60 bits per heavy atom. The zero-order valence-corrected chi connectivity index (χ0v) is 11.2. The third-order valence-corrected chi connectivity index (χ3v) is 4.59. The van der Waals surface area contributed by atoms with Crippen LogP contribution in [0.3, 0.4) is 0 Å². The molecule has 1 nitrogen and oxygen atoms in total. The molecule has 90 valence electrons. The molecule has 1 aliphatic carbocycles. The van der Waals surface area contributed by atoms with Crippen LogP contribution in [0.25, 0.3) is 0 Å². The molecule has 1 fully saturated rings. The van der Waals surface area contributed by atoms with Crippen molar-refractivity contribution in [3.05, 3.63) is 0 Å². The van der Waals surface area contributed by atoms with Crippen LogP contribution in [0.4, 0.5) is 0 Å². The summed E-state index contributed by atoms with van der Waals surface area (Å²) in [5, 5.41) is 3.65. The minimum Gasteiger partial charge on any atom is -0.313 e. The SMILES string of the molecule is CCCSCC(CC1CCCC1)NCC. The fourth-order valence-corrected chi connectivity index (χ4v) is 3.51. The van der Waals surface area contributed by atoms with Gasteiger partial charge in [0.05, 0.1) is 0 Å². The highest BCUT2D eigenvalue weighted by atomic mass is 32.2. The molecule has 0 saturated heterocycles. The lowest BCUT2D eigenvalue weighted by atomic mass is 9.99. The molecule has 0 aromatic carbocycles. The third-order valence-electron chi connectivity index (χ3n) is 3.25. The summed E-state index contributed by atoms with van der Waals surface area (Å²) >= 11 is 2.12. The van der Waals surface area contributed by atoms with E-state index >= 15 is 0 Å². The van der Waals surface area contributed by atoms with Crippen LogP contribution in [0.5, 0.6) is 0 Å². The van der Waals surface area contributed by atoms with Gasteiger partial charge in [0, 0.05) is 11.8 Å². The van der Waals surface area contributed by atoms with E-state index < -0.39 is 0 Å². The summed E-state index contributed by atoms with van der Waals surface area (Å²) in [6, 6.07) is 0.773. The Bertz CT molecular complexity index is 143. The monoisotopic (exact) mass is 229 g/mol. The van der Waals surface area contributed by atoms with E-state index in [4.69, 9.17) is 0 Å². The minimum absolute atomic E-state index is 0.773. The average molecular weight is 229 g/mol. The van der Waals surface area contributed by atoms with E-state index in [-0.39, 0.29) is 0 Å². The summed E-state index contributed by atoms with van der Waals surface area (Å²) in [7, 11) is 0. The molecule has 1 aliphatic rings. The van der Waals surface area contributed by atoms with Crippen molar-refractivity contribution < 1.29 is 0 Å². The molecule has 2 heteroatoms. The van der Waals surface area contributed by atoms with Gasteiger partial charge in [0.2, 0.25) is 0 Å². The van der Waals surface area contributed by atoms with Crippen molar-refractivity contribution in [3.8, 4) is 0 Å². The van der Waals surface area contributed by atoms with Gasteiger partial charge in [-0.2, -0.15) is 11.8 Å². The molecule has 0 aromatic rings. The summed E-state index contributed by atoms with van der Waals surface area (Å²) in [5.74, 6) is 3.67. The molecule has 0 amide bonds. The molecule has 0 radical (unpaired) electrons. The first-order valence-corrected chi connectivity index (χ1v) is 7.83.